The third kappa shape index (κ3) is 5.54. The van der Waals surface area contributed by atoms with Crippen molar-refractivity contribution >= 4 is 5.96 Å². The molecule has 3 fully saturated rings. The highest BCUT2D eigenvalue weighted by Crippen LogP contribution is 2.20. The molecular weight excluding hydrogens is 374 g/mol. The van der Waals surface area contributed by atoms with Crippen LogP contribution in [0.2, 0.25) is 0 Å². The standard InChI is InChI=1S/C24H39N5O/c1-20-6-5-10-27(17-20)18-22-8-4-3-7-21(22)16-26-24(25-2)29-11-9-23(19-29)28-12-14-30-15-13-28/h3-4,7-8,20,23H,5-6,9-19H2,1-2H3,(H,25,26). The highest BCUT2D eigenvalue weighted by molar-refractivity contribution is 5.80. The molecule has 0 aliphatic carbocycles. The number of guanidine groups is 1. The fourth-order valence-electron chi connectivity index (χ4n) is 5.24. The van der Waals surface area contributed by atoms with E-state index in [0.29, 0.717) is 6.04 Å². The van der Waals surface area contributed by atoms with Crippen molar-refractivity contribution in [3.8, 4) is 0 Å². The van der Waals surface area contributed by atoms with Gasteiger partial charge in [-0.2, -0.15) is 0 Å². The lowest BCUT2D eigenvalue weighted by Crippen LogP contribution is -2.46. The fraction of sp³-hybridized carbons (Fsp3) is 0.708. The molecule has 0 aromatic heterocycles. The van der Waals surface area contributed by atoms with Crippen molar-refractivity contribution < 1.29 is 4.74 Å². The number of hydrogen-bond donors (Lipinski definition) is 1. The van der Waals surface area contributed by atoms with Crippen LogP contribution in [0.5, 0.6) is 0 Å². The molecule has 3 aliphatic heterocycles. The van der Waals surface area contributed by atoms with Gasteiger partial charge in [0.2, 0.25) is 0 Å². The number of likely N-dealkylation sites (tertiary alicyclic amines) is 2. The van der Waals surface area contributed by atoms with Gasteiger partial charge in [0.15, 0.2) is 5.96 Å². The molecule has 1 N–H and O–H groups in total. The van der Waals surface area contributed by atoms with Crippen LogP contribution in [0, 0.1) is 5.92 Å². The van der Waals surface area contributed by atoms with Crippen LogP contribution >= 0.6 is 0 Å². The second-order valence-corrected chi connectivity index (χ2v) is 9.19. The van der Waals surface area contributed by atoms with E-state index in [1.165, 1.54) is 43.5 Å². The molecule has 2 unspecified atom stereocenters. The predicted octanol–water partition coefficient (Wildman–Crippen LogP) is 2.40. The minimum Gasteiger partial charge on any atom is -0.379 e. The quantitative estimate of drug-likeness (QED) is 0.593. The van der Waals surface area contributed by atoms with Gasteiger partial charge in [-0.1, -0.05) is 31.2 Å². The van der Waals surface area contributed by atoms with E-state index in [1.807, 2.05) is 7.05 Å². The Kier molecular flexibility index (Phi) is 7.63. The molecule has 1 aromatic rings. The lowest BCUT2D eigenvalue weighted by atomic mass is 9.99. The second kappa shape index (κ2) is 10.6. The Labute approximate surface area is 182 Å². The third-order valence-electron chi connectivity index (χ3n) is 6.93. The summed E-state index contributed by atoms with van der Waals surface area (Å²) in [6.45, 7) is 12.7. The van der Waals surface area contributed by atoms with Gasteiger partial charge in [-0.3, -0.25) is 14.8 Å². The maximum atomic E-state index is 5.52. The van der Waals surface area contributed by atoms with Gasteiger partial charge in [-0.15, -0.1) is 0 Å². The average molecular weight is 414 g/mol. The third-order valence-corrected chi connectivity index (χ3v) is 6.93. The zero-order valence-corrected chi connectivity index (χ0v) is 18.9. The van der Waals surface area contributed by atoms with Gasteiger partial charge < -0.3 is 15.0 Å². The van der Waals surface area contributed by atoms with E-state index in [9.17, 15) is 0 Å². The van der Waals surface area contributed by atoms with Crippen molar-refractivity contribution in [1.29, 1.82) is 0 Å². The van der Waals surface area contributed by atoms with Crippen molar-refractivity contribution in [2.75, 3.05) is 59.5 Å². The number of piperidine rings is 1. The van der Waals surface area contributed by atoms with Crippen LogP contribution in [0.15, 0.2) is 29.3 Å². The first kappa shape index (κ1) is 21.6. The van der Waals surface area contributed by atoms with Crippen LogP contribution < -0.4 is 5.32 Å². The summed E-state index contributed by atoms with van der Waals surface area (Å²) in [6, 6.07) is 9.52. The summed E-state index contributed by atoms with van der Waals surface area (Å²) in [5.41, 5.74) is 2.84. The van der Waals surface area contributed by atoms with E-state index in [2.05, 4.69) is 56.2 Å². The van der Waals surface area contributed by atoms with E-state index < -0.39 is 0 Å². The van der Waals surface area contributed by atoms with Gasteiger partial charge in [-0.05, 0) is 42.9 Å². The second-order valence-electron chi connectivity index (χ2n) is 9.19. The maximum Gasteiger partial charge on any atom is 0.193 e. The van der Waals surface area contributed by atoms with Gasteiger partial charge in [0.1, 0.15) is 0 Å². The summed E-state index contributed by atoms with van der Waals surface area (Å²) in [6.07, 6.45) is 3.91. The highest BCUT2D eigenvalue weighted by atomic mass is 16.5. The topological polar surface area (TPSA) is 43.3 Å². The molecule has 0 amide bonds. The molecule has 0 bridgehead atoms. The normalized spacial score (nSPS) is 26.9. The van der Waals surface area contributed by atoms with Gasteiger partial charge in [0.25, 0.3) is 0 Å². The number of nitrogens with one attached hydrogen (secondary N) is 1. The maximum absolute atomic E-state index is 5.52. The molecule has 0 radical (unpaired) electrons. The SMILES string of the molecule is CN=C(NCc1ccccc1CN1CCCC(C)C1)N1CCC(N2CCOCC2)C1. The molecule has 0 spiro atoms. The van der Waals surface area contributed by atoms with Crippen LogP contribution in [0.3, 0.4) is 0 Å². The number of aliphatic imine (C=N–C) groups is 1. The van der Waals surface area contributed by atoms with E-state index in [1.54, 1.807) is 0 Å². The molecule has 6 nitrogen and oxygen atoms in total. The van der Waals surface area contributed by atoms with Crippen molar-refractivity contribution in [3.63, 3.8) is 0 Å². The van der Waals surface area contributed by atoms with E-state index in [0.717, 1.165) is 64.4 Å². The predicted molar refractivity (Wildman–Crippen MR) is 123 cm³/mol. The smallest absolute Gasteiger partial charge is 0.193 e. The summed E-state index contributed by atoms with van der Waals surface area (Å²) in [5, 5.41) is 3.65. The van der Waals surface area contributed by atoms with Crippen molar-refractivity contribution in [3.05, 3.63) is 35.4 Å². The molecule has 3 heterocycles. The van der Waals surface area contributed by atoms with Crippen molar-refractivity contribution in [1.82, 2.24) is 20.0 Å². The summed E-state index contributed by atoms with van der Waals surface area (Å²) in [7, 11) is 1.91. The minimum atomic E-state index is 0.626. The summed E-state index contributed by atoms with van der Waals surface area (Å²) in [5.74, 6) is 1.85. The molecular formula is C24H39N5O. The van der Waals surface area contributed by atoms with E-state index in [-0.39, 0.29) is 0 Å². The number of ether oxygens (including phenoxy) is 1. The van der Waals surface area contributed by atoms with Crippen molar-refractivity contribution in [2.45, 2.75) is 45.3 Å². The summed E-state index contributed by atoms with van der Waals surface area (Å²) >= 11 is 0. The first-order valence-electron chi connectivity index (χ1n) is 11.8. The van der Waals surface area contributed by atoms with Crippen LogP contribution in [0.1, 0.15) is 37.3 Å². The van der Waals surface area contributed by atoms with Gasteiger partial charge in [0, 0.05) is 58.9 Å². The summed E-state index contributed by atoms with van der Waals surface area (Å²) < 4.78 is 5.52. The van der Waals surface area contributed by atoms with Crippen LogP contribution in [0.25, 0.3) is 0 Å². The first-order valence-corrected chi connectivity index (χ1v) is 11.8. The summed E-state index contributed by atoms with van der Waals surface area (Å²) in [4.78, 5) is 12.2. The molecule has 6 heteroatoms. The average Bonchev–Trinajstić information content (AvgIpc) is 3.26. The van der Waals surface area contributed by atoms with Crippen LogP contribution in [0.4, 0.5) is 0 Å². The van der Waals surface area contributed by atoms with Crippen LogP contribution in [-0.4, -0.2) is 86.2 Å². The largest absolute Gasteiger partial charge is 0.379 e. The van der Waals surface area contributed by atoms with Gasteiger partial charge in [0.05, 0.1) is 13.2 Å². The van der Waals surface area contributed by atoms with E-state index >= 15 is 0 Å². The molecule has 3 saturated heterocycles. The molecule has 30 heavy (non-hydrogen) atoms. The Hall–Kier alpha value is -1.63. The number of rotatable bonds is 5. The number of benzene rings is 1. The monoisotopic (exact) mass is 413 g/mol. The van der Waals surface area contributed by atoms with Gasteiger partial charge >= 0.3 is 0 Å². The molecule has 3 aliphatic rings. The first-order chi connectivity index (χ1) is 14.7. The zero-order valence-electron chi connectivity index (χ0n) is 18.9. The lowest BCUT2D eigenvalue weighted by Gasteiger charge is -2.32. The molecule has 2 atom stereocenters. The Morgan fingerprint density at radius 2 is 1.87 bits per heavy atom. The zero-order chi connectivity index (χ0) is 20.8. The lowest BCUT2D eigenvalue weighted by molar-refractivity contribution is 0.0195. The van der Waals surface area contributed by atoms with Crippen molar-refractivity contribution in [2.24, 2.45) is 10.9 Å². The minimum absolute atomic E-state index is 0.626. The fourth-order valence-corrected chi connectivity index (χ4v) is 5.24. The molecule has 0 saturated carbocycles. The highest BCUT2D eigenvalue weighted by Gasteiger charge is 2.30. The molecule has 166 valence electrons. The van der Waals surface area contributed by atoms with Gasteiger partial charge in [-0.25, -0.2) is 0 Å². The Balaban J connectivity index is 1.32. The number of hydrogen-bond acceptors (Lipinski definition) is 4. The molecule has 4 rings (SSSR count). The number of nitrogens with zero attached hydrogens (tertiary/aromatic N) is 4. The Bertz CT molecular complexity index is 703. The Morgan fingerprint density at radius 3 is 2.63 bits per heavy atom. The molecule has 1 aromatic carbocycles. The number of morpholine rings is 1. The van der Waals surface area contributed by atoms with E-state index in [4.69, 9.17) is 4.74 Å². The Morgan fingerprint density at radius 1 is 1.07 bits per heavy atom. The van der Waals surface area contributed by atoms with Crippen LogP contribution in [-0.2, 0) is 17.8 Å².